The molecule has 0 atom stereocenters. The Balaban J connectivity index is 2.00. The van der Waals surface area contributed by atoms with Crippen LogP contribution in [0.3, 0.4) is 0 Å². The lowest BCUT2D eigenvalue weighted by Gasteiger charge is -2.02. The minimum atomic E-state index is 0.270. The fraction of sp³-hybridized carbons (Fsp3) is 0. The van der Waals surface area contributed by atoms with Crippen LogP contribution in [0.5, 0.6) is 5.75 Å². The van der Waals surface area contributed by atoms with Crippen molar-refractivity contribution in [3.8, 4) is 5.75 Å². The number of phenols is 1. The monoisotopic (exact) mass is 281 g/mol. The molecular weight excluding hydrogens is 270 g/mol. The molecule has 0 aliphatic heterocycles. The number of fused-ring (bicyclic) bond motifs is 1. The maximum atomic E-state index is 9.26. The highest BCUT2D eigenvalue weighted by atomic mass is 35.5. The first-order valence-corrected chi connectivity index (χ1v) is 6.61. The molecule has 2 nitrogen and oxygen atoms in total. The van der Waals surface area contributed by atoms with Gasteiger partial charge in [-0.25, -0.2) is 0 Å². The van der Waals surface area contributed by atoms with E-state index >= 15 is 0 Å². The van der Waals surface area contributed by atoms with Gasteiger partial charge in [0.25, 0.3) is 0 Å². The molecule has 0 fully saturated rings. The van der Waals surface area contributed by atoms with Crippen molar-refractivity contribution in [3.63, 3.8) is 0 Å². The van der Waals surface area contributed by atoms with Gasteiger partial charge < -0.3 is 5.11 Å². The highest BCUT2D eigenvalue weighted by Crippen LogP contribution is 2.22. The standard InChI is InChI=1S/C17H12ClNO/c18-14-5-8-16-13(9-10-19-17(16)11-14)4-1-12-2-6-15(20)7-3-12/h1-11,20H/b4-1+. The maximum absolute atomic E-state index is 9.26. The Kier molecular flexibility index (Phi) is 3.40. The van der Waals surface area contributed by atoms with Crippen LogP contribution in [0.25, 0.3) is 23.1 Å². The molecule has 0 aliphatic carbocycles. The van der Waals surface area contributed by atoms with E-state index in [9.17, 15) is 5.11 Å². The second kappa shape index (κ2) is 5.35. The van der Waals surface area contributed by atoms with Gasteiger partial charge >= 0.3 is 0 Å². The number of nitrogens with zero attached hydrogens (tertiary/aromatic N) is 1. The lowest BCUT2D eigenvalue weighted by Crippen LogP contribution is -1.82. The maximum Gasteiger partial charge on any atom is 0.115 e. The molecular formula is C17H12ClNO. The molecule has 1 aromatic heterocycles. The number of halogens is 1. The number of aromatic hydroxyl groups is 1. The molecule has 1 heterocycles. The van der Waals surface area contributed by atoms with Crippen molar-refractivity contribution >= 4 is 34.7 Å². The van der Waals surface area contributed by atoms with Crippen LogP contribution in [-0.2, 0) is 0 Å². The summed E-state index contributed by atoms with van der Waals surface area (Å²) in [5, 5.41) is 11.0. The van der Waals surface area contributed by atoms with Gasteiger partial charge in [-0.15, -0.1) is 0 Å². The number of aromatic nitrogens is 1. The van der Waals surface area contributed by atoms with Crippen LogP contribution in [0.4, 0.5) is 0 Å². The molecule has 0 radical (unpaired) electrons. The van der Waals surface area contributed by atoms with E-state index in [1.807, 2.05) is 48.6 Å². The van der Waals surface area contributed by atoms with Crippen LogP contribution in [0.2, 0.25) is 5.02 Å². The zero-order valence-electron chi connectivity index (χ0n) is 10.6. The minimum Gasteiger partial charge on any atom is -0.508 e. The number of hydrogen-bond donors (Lipinski definition) is 1. The number of rotatable bonds is 2. The molecule has 0 saturated carbocycles. The van der Waals surface area contributed by atoms with Gasteiger partial charge in [0.2, 0.25) is 0 Å². The summed E-state index contributed by atoms with van der Waals surface area (Å²) < 4.78 is 0. The van der Waals surface area contributed by atoms with Crippen LogP contribution in [-0.4, -0.2) is 10.1 Å². The first-order chi connectivity index (χ1) is 9.72. The minimum absolute atomic E-state index is 0.270. The second-order valence-corrected chi connectivity index (χ2v) is 4.92. The first kappa shape index (κ1) is 12.7. The summed E-state index contributed by atoms with van der Waals surface area (Å²) in [4.78, 5) is 4.32. The third-order valence-electron chi connectivity index (χ3n) is 3.09. The summed E-state index contributed by atoms with van der Waals surface area (Å²) in [5.74, 6) is 0.270. The Morgan fingerprint density at radius 2 is 1.75 bits per heavy atom. The SMILES string of the molecule is Oc1ccc(/C=C/c2ccnc3cc(Cl)ccc23)cc1. The van der Waals surface area contributed by atoms with Crippen molar-refractivity contribution in [1.82, 2.24) is 4.98 Å². The molecule has 2 aromatic carbocycles. The van der Waals surface area contributed by atoms with E-state index in [2.05, 4.69) is 4.98 Å². The summed E-state index contributed by atoms with van der Waals surface area (Å²) in [5.41, 5.74) is 2.99. The highest BCUT2D eigenvalue weighted by molar-refractivity contribution is 6.31. The molecule has 98 valence electrons. The van der Waals surface area contributed by atoms with Crippen molar-refractivity contribution in [2.24, 2.45) is 0 Å². The normalized spacial score (nSPS) is 11.2. The number of phenolic OH excluding ortho intramolecular Hbond substituents is 1. The van der Waals surface area contributed by atoms with Gasteiger partial charge in [-0.1, -0.05) is 42.0 Å². The van der Waals surface area contributed by atoms with E-state index in [1.54, 1.807) is 18.3 Å². The highest BCUT2D eigenvalue weighted by Gasteiger charge is 2.00. The molecule has 0 amide bonds. The van der Waals surface area contributed by atoms with E-state index in [0.29, 0.717) is 5.02 Å². The van der Waals surface area contributed by atoms with E-state index in [1.165, 1.54) is 0 Å². The van der Waals surface area contributed by atoms with Crippen molar-refractivity contribution in [2.45, 2.75) is 0 Å². The molecule has 0 unspecified atom stereocenters. The summed E-state index contributed by atoms with van der Waals surface area (Å²) in [6.45, 7) is 0. The molecule has 0 saturated heterocycles. The zero-order chi connectivity index (χ0) is 13.9. The summed E-state index contributed by atoms with van der Waals surface area (Å²) in [6, 6.07) is 14.7. The predicted octanol–water partition coefficient (Wildman–Crippen LogP) is 4.76. The first-order valence-electron chi connectivity index (χ1n) is 6.24. The van der Waals surface area contributed by atoms with Crippen LogP contribution < -0.4 is 0 Å². The Hall–Kier alpha value is -2.32. The van der Waals surface area contributed by atoms with E-state index in [-0.39, 0.29) is 5.75 Å². The van der Waals surface area contributed by atoms with Crippen molar-refractivity contribution in [3.05, 3.63) is 70.9 Å². The van der Waals surface area contributed by atoms with Gasteiger partial charge in [0, 0.05) is 16.6 Å². The fourth-order valence-corrected chi connectivity index (χ4v) is 2.23. The fourth-order valence-electron chi connectivity index (χ4n) is 2.06. The zero-order valence-corrected chi connectivity index (χ0v) is 11.4. The van der Waals surface area contributed by atoms with E-state index in [4.69, 9.17) is 11.6 Å². The number of hydrogen-bond acceptors (Lipinski definition) is 2. The van der Waals surface area contributed by atoms with Gasteiger partial charge in [-0.3, -0.25) is 4.98 Å². The summed E-state index contributed by atoms with van der Waals surface area (Å²) in [6.07, 6.45) is 5.81. The Bertz CT molecular complexity index is 779. The van der Waals surface area contributed by atoms with Gasteiger partial charge in [0.15, 0.2) is 0 Å². The smallest absolute Gasteiger partial charge is 0.115 e. The van der Waals surface area contributed by atoms with Crippen LogP contribution in [0, 0.1) is 0 Å². The van der Waals surface area contributed by atoms with Crippen LogP contribution in [0.1, 0.15) is 11.1 Å². The Morgan fingerprint density at radius 1 is 0.950 bits per heavy atom. The summed E-state index contributed by atoms with van der Waals surface area (Å²) in [7, 11) is 0. The third-order valence-corrected chi connectivity index (χ3v) is 3.32. The molecule has 1 N–H and O–H groups in total. The Morgan fingerprint density at radius 3 is 2.55 bits per heavy atom. The van der Waals surface area contributed by atoms with Crippen LogP contribution >= 0.6 is 11.6 Å². The summed E-state index contributed by atoms with van der Waals surface area (Å²) >= 11 is 5.98. The molecule has 0 bridgehead atoms. The molecule has 3 rings (SSSR count). The Labute approximate surface area is 122 Å². The molecule has 3 heteroatoms. The van der Waals surface area contributed by atoms with Gasteiger partial charge in [0.05, 0.1) is 5.52 Å². The average Bonchev–Trinajstić information content (AvgIpc) is 2.46. The van der Waals surface area contributed by atoms with Gasteiger partial charge in [-0.2, -0.15) is 0 Å². The van der Waals surface area contributed by atoms with Crippen molar-refractivity contribution in [1.29, 1.82) is 0 Å². The average molecular weight is 282 g/mol. The molecule has 0 spiro atoms. The number of pyridine rings is 1. The predicted molar refractivity (Wildman–Crippen MR) is 83.8 cm³/mol. The van der Waals surface area contributed by atoms with Crippen LogP contribution in [0.15, 0.2) is 54.7 Å². The quantitative estimate of drug-likeness (QED) is 0.734. The van der Waals surface area contributed by atoms with E-state index in [0.717, 1.165) is 22.0 Å². The van der Waals surface area contributed by atoms with Crippen molar-refractivity contribution in [2.75, 3.05) is 0 Å². The molecule has 20 heavy (non-hydrogen) atoms. The topological polar surface area (TPSA) is 33.1 Å². The largest absolute Gasteiger partial charge is 0.508 e. The van der Waals surface area contributed by atoms with E-state index < -0.39 is 0 Å². The number of benzene rings is 2. The van der Waals surface area contributed by atoms with Gasteiger partial charge in [-0.05, 0) is 41.5 Å². The lowest BCUT2D eigenvalue weighted by atomic mass is 10.1. The van der Waals surface area contributed by atoms with Crippen molar-refractivity contribution < 1.29 is 5.11 Å². The van der Waals surface area contributed by atoms with Gasteiger partial charge in [0.1, 0.15) is 5.75 Å². The molecule has 3 aromatic rings. The second-order valence-electron chi connectivity index (χ2n) is 4.49. The lowest BCUT2D eigenvalue weighted by molar-refractivity contribution is 0.475. The molecule has 0 aliphatic rings. The third kappa shape index (κ3) is 2.65.